The van der Waals surface area contributed by atoms with E-state index >= 15 is 0 Å². The van der Waals surface area contributed by atoms with E-state index in [0.717, 1.165) is 17.8 Å². The van der Waals surface area contributed by atoms with Crippen molar-refractivity contribution < 1.29 is 13.7 Å². The van der Waals surface area contributed by atoms with Crippen LogP contribution >= 0.6 is 0 Å². The lowest BCUT2D eigenvalue weighted by Gasteiger charge is -2.32. The highest BCUT2D eigenvalue weighted by Crippen LogP contribution is 2.43. The standard InChI is InChI=1S/C35H32BNO3/c1-34(2)35(3,4)40-36(39-34)32-20-21-33(38-32)37(28-16-14-25(15-17-28)24-10-6-5-7-11-24)29-18-19-31-27(23-29)22-26-12-8-9-13-30(26)31/h5-21,23H,22H2,1-4H3. The summed E-state index contributed by atoms with van der Waals surface area (Å²) in [5.41, 5.74) is 9.53. The van der Waals surface area contributed by atoms with E-state index in [0.29, 0.717) is 11.5 Å². The highest BCUT2D eigenvalue weighted by Gasteiger charge is 2.53. The summed E-state index contributed by atoms with van der Waals surface area (Å²) in [6, 6.07) is 38.4. The summed E-state index contributed by atoms with van der Waals surface area (Å²) in [5.74, 6) is 0.715. The zero-order valence-corrected chi connectivity index (χ0v) is 23.3. The van der Waals surface area contributed by atoms with Crippen molar-refractivity contribution in [3.63, 3.8) is 0 Å². The molecule has 0 bridgehead atoms. The Labute approximate surface area is 236 Å². The van der Waals surface area contributed by atoms with Gasteiger partial charge in [-0.05, 0) is 97.8 Å². The van der Waals surface area contributed by atoms with E-state index in [2.05, 4.69) is 124 Å². The molecule has 2 aliphatic rings. The van der Waals surface area contributed by atoms with Crippen LogP contribution in [0.25, 0.3) is 22.3 Å². The van der Waals surface area contributed by atoms with Gasteiger partial charge in [-0.15, -0.1) is 0 Å². The van der Waals surface area contributed by atoms with Gasteiger partial charge in [0.25, 0.3) is 0 Å². The first-order chi connectivity index (χ1) is 19.3. The summed E-state index contributed by atoms with van der Waals surface area (Å²) in [6.45, 7) is 8.22. The number of benzene rings is 4. The highest BCUT2D eigenvalue weighted by atomic mass is 16.7. The Hall–Kier alpha value is -4.06. The minimum Gasteiger partial charge on any atom is -0.448 e. The maximum atomic E-state index is 6.50. The molecule has 5 heteroatoms. The number of fused-ring (bicyclic) bond motifs is 3. The average molecular weight is 525 g/mol. The van der Waals surface area contributed by atoms with Gasteiger partial charge in [0.2, 0.25) is 5.88 Å². The Kier molecular flexibility index (Phi) is 5.78. The van der Waals surface area contributed by atoms with Gasteiger partial charge >= 0.3 is 7.12 Å². The number of hydrogen-bond acceptors (Lipinski definition) is 4. The van der Waals surface area contributed by atoms with Crippen molar-refractivity contribution in [1.82, 2.24) is 0 Å². The van der Waals surface area contributed by atoms with E-state index in [9.17, 15) is 0 Å². The number of hydrogen-bond donors (Lipinski definition) is 0. The Balaban J connectivity index is 1.28. The lowest BCUT2D eigenvalue weighted by atomic mass is 9.86. The van der Waals surface area contributed by atoms with Gasteiger partial charge < -0.3 is 13.7 Å². The molecule has 4 nitrogen and oxygen atoms in total. The first kappa shape index (κ1) is 24.9. The van der Waals surface area contributed by atoms with Crippen LogP contribution in [0, 0.1) is 0 Å². The number of rotatable bonds is 5. The molecule has 0 unspecified atom stereocenters. The van der Waals surface area contributed by atoms with Crippen molar-refractivity contribution in [2.75, 3.05) is 4.90 Å². The Morgan fingerprint density at radius 3 is 1.98 bits per heavy atom. The summed E-state index contributed by atoms with van der Waals surface area (Å²) in [7, 11) is -0.560. The molecule has 0 N–H and O–H groups in total. The fourth-order valence-corrected chi connectivity index (χ4v) is 5.66. The van der Waals surface area contributed by atoms with Gasteiger partial charge in [-0.25, -0.2) is 0 Å². The number of anilines is 3. The second kappa shape index (κ2) is 9.26. The summed E-state index contributed by atoms with van der Waals surface area (Å²) in [5, 5.41) is 0. The van der Waals surface area contributed by atoms with E-state index in [-0.39, 0.29) is 0 Å². The van der Waals surface area contributed by atoms with Gasteiger partial charge in [0, 0.05) is 17.4 Å². The first-order valence-corrected chi connectivity index (χ1v) is 13.9. The van der Waals surface area contributed by atoms with Gasteiger partial charge in [-0.3, -0.25) is 4.90 Å². The topological polar surface area (TPSA) is 34.8 Å². The molecule has 0 spiro atoms. The highest BCUT2D eigenvalue weighted by molar-refractivity contribution is 6.60. The van der Waals surface area contributed by atoms with Gasteiger partial charge in [0.05, 0.1) is 11.2 Å². The second-order valence-electron chi connectivity index (χ2n) is 11.7. The van der Waals surface area contributed by atoms with Gasteiger partial charge in [-0.2, -0.15) is 0 Å². The minimum absolute atomic E-state index is 0.438. The normalized spacial score (nSPS) is 16.6. The molecule has 0 saturated carbocycles. The van der Waals surface area contributed by atoms with E-state index in [1.807, 2.05) is 18.2 Å². The van der Waals surface area contributed by atoms with Crippen LogP contribution < -0.4 is 10.6 Å². The fourth-order valence-electron chi connectivity index (χ4n) is 5.66. The van der Waals surface area contributed by atoms with Crippen molar-refractivity contribution in [2.45, 2.75) is 45.3 Å². The van der Waals surface area contributed by atoms with Gasteiger partial charge in [0.15, 0.2) is 0 Å². The molecule has 198 valence electrons. The molecule has 4 aromatic carbocycles. The zero-order valence-electron chi connectivity index (χ0n) is 23.3. The summed E-state index contributed by atoms with van der Waals surface area (Å²) >= 11 is 0. The molecular weight excluding hydrogens is 493 g/mol. The minimum atomic E-state index is -0.560. The van der Waals surface area contributed by atoms with Gasteiger partial charge in [0.1, 0.15) is 5.66 Å². The molecule has 0 atom stereocenters. The summed E-state index contributed by atoms with van der Waals surface area (Å²) < 4.78 is 19.1. The van der Waals surface area contributed by atoms with Crippen molar-refractivity contribution in [3.8, 4) is 22.3 Å². The van der Waals surface area contributed by atoms with E-state index < -0.39 is 18.3 Å². The SMILES string of the molecule is CC1(C)OB(c2ccc(N(c3ccc(-c4ccccc4)cc3)c3ccc4c(c3)Cc3ccccc3-4)o2)OC1(C)C. The van der Waals surface area contributed by atoms with Crippen molar-refractivity contribution in [1.29, 1.82) is 0 Å². The van der Waals surface area contributed by atoms with Crippen LogP contribution in [-0.2, 0) is 15.7 Å². The number of furan rings is 1. The molecule has 5 aromatic rings. The molecule has 1 aliphatic carbocycles. The molecular formula is C35H32BNO3. The van der Waals surface area contributed by atoms with Crippen LogP contribution in [-0.4, -0.2) is 18.3 Å². The summed E-state index contributed by atoms with van der Waals surface area (Å²) in [4.78, 5) is 2.17. The fraction of sp³-hybridized carbons (Fsp3) is 0.200. The predicted octanol–water partition coefficient (Wildman–Crippen LogP) is 8.29. The van der Waals surface area contributed by atoms with Crippen LogP contribution in [0.5, 0.6) is 0 Å². The predicted molar refractivity (Wildman–Crippen MR) is 163 cm³/mol. The lowest BCUT2D eigenvalue weighted by Crippen LogP contribution is -2.41. The largest absolute Gasteiger partial charge is 0.532 e. The van der Waals surface area contributed by atoms with Crippen LogP contribution in [0.4, 0.5) is 17.3 Å². The first-order valence-electron chi connectivity index (χ1n) is 13.9. The Morgan fingerprint density at radius 2 is 1.23 bits per heavy atom. The molecule has 40 heavy (non-hydrogen) atoms. The molecule has 1 aliphatic heterocycles. The van der Waals surface area contributed by atoms with Crippen LogP contribution in [0.1, 0.15) is 38.8 Å². The quantitative estimate of drug-likeness (QED) is 0.212. The van der Waals surface area contributed by atoms with E-state index in [1.54, 1.807) is 0 Å². The maximum absolute atomic E-state index is 6.50. The van der Waals surface area contributed by atoms with Crippen LogP contribution in [0.3, 0.4) is 0 Å². The van der Waals surface area contributed by atoms with Crippen LogP contribution in [0.2, 0.25) is 0 Å². The third kappa shape index (κ3) is 4.17. The molecule has 7 rings (SSSR count). The molecule has 2 heterocycles. The van der Waals surface area contributed by atoms with Crippen molar-refractivity contribution in [3.05, 3.63) is 120 Å². The van der Waals surface area contributed by atoms with Crippen molar-refractivity contribution in [2.24, 2.45) is 0 Å². The van der Waals surface area contributed by atoms with Gasteiger partial charge in [-0.1, -0.05) is 72.8 Å². The molecule has 0 radical (unpaired) electrons. The third-order valence-electron chi connectivity index (χ3n) is 8.59. The molecule has 1 saturated heterocycles. The maximum Gasteiger partial charge on any atom is 0.532 e. The average Bonchev–Trinajstić information content (AvgIpc) is 3.63. The van der Waals surface area contributed by atoms with Crippen LogP contribution in [0.15, 0.2) is 114 Å². The third-order valence-corrected chi connectivity index (χ3v) is 8.59. The van der Waals surface area contributed by atoms with E-state index in [4.69, 9.17) is 13.7 Å². The molecule has 0 amide bonds. The number of nitrogens with zero attached hydrogens (tertiary/aromatic N) is 1. The van der Waals surface area contributed by atoms with E-state index in [1.165, 1.54) is 33.4 Å². The lowest BCUT2D eigenvalue weighted by molar-refractivity contribution is 0.00578. The summed E-state index contributed by atoms with van der Waals surface area (Å²) in [6.07, 6.45) is 0.928. The Bertz CT molecular complexity index is 1670. The smallest absolute Gasteiger partial charge is 0.448 e. The Morgan fingerprint density at radius 1 is 0.600 bits per heavy atom. The monoisotopic (exact) mass is 525 g/mol. The zero-order chi connectivity index (χ0) is 27.5. The second-order valence-corrected chi connectivity index (χ2v) is 11.7. The van der Waals surface area contributed by atoms with Crippen molar-refractivity contribution >= 4 is 30.0 Å². The molecule has 1 aromatic heterocycles. The molecule has 1 fully saturated rings.